The van der Waals surface area contributed by atoms with Gasteiger partial charge in [0.05, 0.1) is 0 Å². The smallest absolute Gasteiger partial charge is 0.353 e. The van der Waals surface area contributed by atoms with E-state index in [0.717, 1.165) is 21.3 Å². The van der Waals surface area contributed by atoms with Crippen LogP contribution in [0.4, 0.5) is 8.63 Å². The molecule has 45 heavy (non-hydrogen) atoms. The Bertz CT molecular complexity index is 1280. The number of amides is 2. The lowest BCUT2D eigenvalue weighted by Gasteiger charge is -2.51. The van der Waals surface area contributed by atoms with E-state index in [-0.39, 0.29) is 43.2 Å². The van der Waals surface area contributed by atoms with Gasteiger partial charge in [-0.15, -0.1) is 0 Å². The zero-order valence-electron chi connectivity index (χ0n) is 28.9. The summed E-state index contributed by atoms with van der Waals surface area (Å²) in [6, 6.07) is 2.96. The summed E-state index contributed by atoms with van der Waals surface area (Å²) in [6.45, 7) is 17.6. The minimum atomic E-state index is -2.74. The van der Waals surface area contributed by atoms with Crippen LogP contribution in [0, 0.1) is 5.92 Å². The summed E-state index contributed by atoms with van der Waals surface area (Å²) >= 11 is 0. The van der Waals surface area contributed by atoms with Crippen molar-refractivity contribution in [3.8, 4) is 0 Å². The molecule has 1 atom stereocenters. The first-order valence-corrected chi connectivity index (χ1v) is 15.9. The number of allylic oxidation sites excluding steroid dienone is 3. The fourth-order valence-corrected chi connectivity index (χ4v) is 6.11. The SMILES string of the molecule is CN=C(C)C=C(C)C(C)=Cc1ccc(CCC(=O)N[C@H](/C=C/CC(=O)NC2CC(C)(C)N(O)C(C)(C)C2)CC(C)C)n1B(F)F. The minimum Gasteiger partial charge on any atom is -0.353 e. The van der Waals surface area contributed by atoms with Crippen LogP contribution in [-0.2, 0) is 16.0 Å². The van der Waals surface area contributed by atoms with Crippen LogP contribution < -0.4 is 10.6 Å². The van der Waals surface area contributed by atoms with Crippen LogP contribution in [0.25, 0.3) is 6.08 Å². The first-order valence-electron chi connectivity index (χ1n) is 15.9. The Morgan fingerprint density at radius 3 is 2.27 bits per heavy atom. The Hall–Kier alpha value is -3.05. The van der Waals surface area contributed by atoms with Crippen LogP contribution in [0.1, 0.15) is 106 Å². The van der Waals surface area contributed by atoms with Crippen LogP contribution in [0.2, 0.25) is 0 Å². The molecule has 2 amide bonds. The molecule has 1 aromatic heterocycles. The number of aliphatic imine (C=N–C) groups is 1. The molecule has 0 saturated carbocycles. The van der Waals surface area contributed by atoms with E-state index in [4.69, 9.17) is 0 Å². The molecule has 1 saturated heterocycles. The van der Waals surface area contributed by atoms with Crippen molar-refractivity contribution in [1.82, 2.24) is 20.2 Å². The van der Waals surface area contributed by atoms with Crippen molar-refractivity contribution in [2.75, 3.05) is 7.05 Å². The Morgan fingerprint density at radius 1 is 1.09 bits per heavy atom. The minimum absolute atomic E-state index is 0.0575. The fourth-order valence-electron chi connectivity index (χ4n) is 6.11. The molecule has 0 aromatic carbocycles. The number of nitrogens with one attached hydrogen (secondary N) is 2. The maximum atomic E-state index is 14.1. The van der Waals surface area contributed by atoms with E-state index < -0.39 is 18.5 Å². The van der Waals surface area contributed by atoms with Crippen molar-refractivity contribution in [2.45, 2.75) is 124 Å². The number of hydrogen-bond acceptors (Lipinski definition) is 5. The van der Waals surface area contributed by atoms with Crippen LogP contribution >= 0.6 is 0 Å². The van der Waals surface area contributed by atoms with E-state index in [1.165, 1.54) is 5.06 Å². The molecule has 3 N–H and O–H groups in total. The number of carbonyl (C=O) groups excluding carboxylic acids is 2. The van der Waals surface area contributed by atoms with Crippen molar-refractivity contribution in [3.63, 3.8) is 0 Å². The lowest BCUT2D eigenvalue weighted by Crippen LogP contribution is -2.62. The van der Waals surface area contributed by atoms with Crippen LogP contribution in [0.5, 0.6) is 0 Å². The molecular formula is C34H54BF2N5O3. The van der Waals surface area contributed by atoms with Crippen LogP contribution in [0.15, 0.2) is 46.5 Å². The number of hydrogen-bond donors (Lipinski definition) is 3. The molecule has 2 rings (SSSR count). The predicted molar refractivity (Wildman–Crippen MR) is 181 cm³/mol. The number of nitrogens with zero attached hydrogens (tertiary/aromatic N) is 3. The van der Waals surface area contributed by atoms with Gasteiger partial charge in [0.25, 0.3) is 0 Å². The van der Waals surface area contributed by atoms with E-state index in [9.17, 15) is 23.4 Å². The van der Waals surface area contributed by atoms with Gasteiger partial charge in [0.15, 0.2) is 0 Å². The summed E-state index contributed by atoms with van der Waals surface area (Å²) in [5.41, 5.74) is 2.47. The van der Waals surface area contributed by atoms with E-state index in [1.807, 2.05) is 60.6 Å². The first kappa shape index (κ1) is 38.1. The molecular weight excluding hydrogens is 575 g/mol. The fraction of sp³-hybridized carbons (Fsp3) is 0.618. The second kappa shape index (κ2) is 16.5. The Labute approximate surface area is 269 Å². The van der Waals surface area contributed by atoms with Crippen molar-refractivity contribution < 1.29 is 23.4 Å². The molecule has 1 aliphatic heterocycles. The number of aryl methyl sites for hydroxylation is 1. The molecule has 0 unspecified atom stereocenters. The molecule has 0 aliphatic carbocycles. The van der Waals surface area contributed by atoms with E-state index in [2.05, 4.69) is 29.5 Å². The zero-order valence-corrected chi connectivity index (χ0v) is 28.9. The third-order valence-electron chi connectivity index (χ3n) is 8.35. The van der Waals surface area contributed by atoms with Crippen molar-refractivity contribution in [1.29, 1.82) is 0 Å². The summed E-state index contributed by atoms with van der Waals surface area (Å²) in [5.74, 6) is -0.0603. The number of aromatic nitrogens is 1. The summed E-state index contributed by atoms with van der Waals surface area (Å²) in [6.07, 6.45) is 9.58. The van der Waals surface area contributed by atoms with Crippen molar-refractivity contribution in [3.05, 3.63) is 52.9 Å². The average Bonchev–Trinajstić information content (AvgIpc) is 3.32. The molecule has 0 spiro atoms. The van der Waals surface area contributed by atoms with Crippen molar-refractivity contribution >= 4 is 31.0 Å². The molecule has 8 nitrogen and oxygen atoms in total. The van der Waals surface area contributed by atoms with E-state index in [1.54, 1.807) is 31.3 Å². The highest BCUT2D eigenvalue weighted by atomic mass is 19.2. The zero-order chi connectivity index (χ0) is 34.1. The third-order valence-corrected chi connectivity index (χ3v) is 8.35. The Morgan fingerprint density at radius 2 is 1.71 bits per heavy atom. The van der Waals surface area contributed by atoms with Gasteiger partial charge in [0, 0.05) is 60.2 Å². The number of hydroxylamine groups is 2. The summed E-state index contributed by atoms with van der Waals surface area (Å²) in [7, 11) is -1.04. The Balaban J connectivity index is 2.02. The van der Waals surface area contributed by atoms with Gasteiger partial charge in [0.2, 0.25) is 11.8 Å². The van der Waals surface area contributed by atoms with Gasteiger partial charge in [0.1, 0.15) is 0 Å². The highest BCUT2D eigenvalue weighted by Gasteiger charge is 2.45. The van der Waals surface area contributed by atoms with E-state index in [0.29, 0.717) is 36.6 Å². The maximum Gasteiger partial charge on any atom is 0.677 e. The number of carbonyl (C=O) groups is 2. The van der Waals surface area contributed by atoms with Gasteiger partial charge in [-0.25, -0.2) is 0 Å². The van der Waals surface area contributed by atoms with Gasteiger partial charge in [-0.2, -0.15) is 5.06 Å². The maximum absolute atomic E-state index is 14.1. The lowest BCUT2D eigenvalue weighted by molar-refractivity contribution is -0.246. The van der Waals surface area contributed by atoms with Crippen molar-refractivity contribution in [2.24, 2.45) is 10.9 Å². The molecule has 250 valence electrons. The third kappa shape index (κ3) is 11.7. The predicted octanol–water partition coefficient (Wildman–Crippen LogP) is 6.64. The van der Waals surface area contributed by atoms with Crippen LogP contribution in [0.3, 0.4) is 0 Å². The summed E-state index contributed by atoms with van der Waals surface area (Å²) in [5, 5.41) is 18.0. The standard InChI is InChI=1S/C34H54BF2N5O3/c1-23(2)18-27(12-11-13-31(43)40-28-21-33(6,7)42(45)34(8,9)22-28)39-32(44)17-16-29-14-15-30(41(29)35(36)37)20-25(4)24(3)19-26(5)38-10/h11-12,14-15,19-20,23,27-28,45H,13,16-18,21-22H2,1-10H3,(H,39,44)(H,40,43)/b12-11+,24-19?,25-20?,38-26?/t27-/m1/s1. The molecule has 0 radical (unpaired) electrons. The topological polar surface area (TPSA) is 99.0 Å². The Kier molecular flexibility index (Phi) is 14.0. The second-order valence-corrected chi connectivity index (χ2v) is 14.0. The summed E-state index contributed by atoms with van der Waals surface area (Å²) in [4.78, 5) is 29.8. The lowest BCUT2D eigenvalue weighted by atomic mass is 9.79. The molecule has 1 aliphatic rings. The second-order valence-electron chi connectivity index (χ2n) is 14.0. The molecule has 2 heterocycles. The molecule has 1 aromatic rings. The number of halogens is 2. The van der Waals surface area contributed by atoms with Gasteiger partial charge >= 0.3 is 7.40 Å². The normalized spacial score (nSPS) is 18.8. The number of rotatable bonds is 14. The molecule has 1 fully saturated rings. The first-order chi connectivity index (χ1) is 20.9. The highest BCUT2D eigenvalue weighted by Crippen LogP contribution is 2.36. The van der Waals surface area contributed by atoms with Gasteiger partial charge in [-0.1, -0.05) is 26.0 Å². The monoisotopic (exact) mass is 629 g/mol. The summed E-state index contributed by atoms with van der Waals surface area (Å²) < 4.78 is 29.2. The molecule has 0 bridgehead atoms. The van der Waals surface area contributed by atoms with Gasteiger partial charge in [-0.3, -0.25) is 23.2 Å². The quantitative estimate of drug-likeness (QED) is 0.0931. The van der Waals surface area contributed by atoms with Gasteiger partial charge < -0.3 is 20.3 Å². The van der Waals surface area contributed by atoms with Gasteiger partial charge in [-0.05, 0) is 115 Å². The largest absolute Gasteiger partial charge is 0.677 e. The van der Waals surface area contributed by atoms with E-state index >= 15 is 0 Å². The van der Waals surface area contributed by atoms with Crippen LogP contribution in [-0.4, -0.2) is 69.9 Å². The highest BCUT2D eigenvalue weighted by molar-refractivity contribution is 6.41. The molecule has 11 heteroatoms. The average molecular weight is 630 g/mol. The number of piperidine rings is 1.